The second-order valence-corrected chi connectivity index (χ2v) is 6.73. The summed E-state index contributed by atoms with van der Waals surface area (Å²) in [4.78, 5) is 25.5. The number of hydrogen-bond acceptors (Lipinski definition) is 4. The quantitative estimate of drug-likeness (QED) is 0.778. The molecule has 2 aliphatic rings. The van der Waals surface area contributed by atoms with Crippen molar-refractivity contribution in [3.8, 4) is 0 Å². The van der Waals surface area contributed by atoms with Crippen LogP contribution in [0.4, 0.5) is 0 Å². The monoisotopic (exact) mass is 320 g/mol. The minimum absolute atomic E-state index is 0.136. The van der Waals surface area contributed by atoms with Crippen LogP contribution in [0.1, 0.15) is 60.5 Å². The smallest absolute Gasteiger partial charge is 0.320 e. The van der Waals surface area contributed by atoms with Crippen LogP contribution in [0.3, 0.4) is 0 Å². The highest BCUT2D eigenvalue weighted by molar-refractivity contribution is 5.95. The number of rotatable bonds is 4. The first-order valence-corrected chi connectivity index (χ1v) is 8.33. The van der Waals surface area contributed by atoms with E-state index in [0.29, 0.717) is 24.4 Å². The molecule has 0 bridgehead atoms. The highest BCUT2D eigenvalue weighted by Gasteiger charge is 2.35. The molecule has 0 spiro atoms. The third kappa shape index (κ3) is 3.39. The molecule has 3 N–H and O–H groups in total. The van der Waals surface area contributed by atoms with Gasteiger partial charge in [0.15, 0.2) is 0 Å². The van der Waals surface area contributed by atoms with Crippen molar-refractivity contribution in [2.45, 2.75) is 56.5 Å². The maximum Gasteiger partial charge on any atom is 0.320 e. The zero-order valence-corrected chi connectivity index (χ0v) is 13.4. The van der Waals surface area contributed by atoms with E-state index in [-0.39, 0.29) is 11.9 Å². The molecule has 1 saturated carbocycles. The van der Waals surface area contributed by atoms with Crippen molar-refractivity contribution in [3.05, 3.63) is 17.5 Å². The van der Waals surface area contributed by atoms with Gasteiger partial charge < -0.3 is 10.4 Å². The zero-order chi connectivity index (χ0) is 16.4. The van der Waals surface area contributed by atoms with Gasteiger partial charge in [-0.2, -0.15) is 5.10 Å². The number of carboxylic acid groups (broad SMARTS) is 1. The van der Waals surface area contributed by atoms with Crippen LogP contribution in [0, 0.1) is 0 Å². The number of likely N-dealkylation sites (tertiary alicyclic amines) is 1. The molecule has 2 heterocycles. The van der Waals surface area contributed by atoms with Crippen LogP contribution in [-0.4, -0.2) is 57.8 Å². The first-order chi connectivity index (χ1) is 11.1. The molecule has 1 aliphatic carbocycles. The van der Waals surface area contributed by atoms with Crippen molar-refractivity contribution in [1.29, 1.82) is 0 Å². The molecule has 1 amide bonds. The molecular formula is C16H24N4O3. The van der Waals surface area contributed by atoms with Gasteiger partial charge in [0.2, 0.25) is 0 Å². The SMILES string of the molecule is CN1C[C@H](NC(=O)c2cn[nH]c2C2CCCCC2)C[C@@H]1C(=O)O. The number of nitrogens with zero attached hydrogens (tertiary/aromatic N) is 2. The largest absolute Gasteiger partial charge is 0.480 e. The second kappa shape index (κ2) is 6.70. The lowest BCUT2D eigenvalue weighted by Gasteiger charge is -2.21. The Kier molecular flexibility index (Phi) is 4.66. The van der Waals surface area contributed by atoms with Gasteiger partial charge in [-0.1, -0.05) is 19.3 Å². The maximum atomic E-state index is 12.6. The average molecular weight is 320 g/mol. The molecule has 2 atom stereocenters. The van der Waals surface area contributed by atoms with Crippen LogP contribution in [0.5, 0.6) is 0 Å². The molecule has 1 aromatic heterocycles. The molecule has 126 valence electrons. The van der Waals surface area contributed by atoms with Gasteiger partial charge in [-0.05, 0) is 26.3 Å². The van der Waals surface area contributed by atoms with Crippen molar-refractivity contribution < 1.29 is 14.7 Å². The molecule has 7 heteroatoms. The van der Waals surface area contributed by atoms with E-state index in [9.17, 15) is 9.59 Å². The van der Waals surface area contributed by atoms with E-state index >= 15 is 0 Å². The number of aromatic nitrogens is 2. The van der Waals surface area contributed by atoms with Crippen molar-refractivity contribution in [2.24, 2.45) is 0 Å². The topological polar surface area (TPSA) is 98.3 Å². The Bertz CT molecular complexity index is 580. The molecule has 23 heavy (non-hydrogen) atoms. The Balaban J connectivity index is 1.65. The summed E-state index contributed by atoms with van der Waals surface area (Å²) in [5, 5.41) is 19.2. The second-order valence-electron chi connectivity index (χ2n) is 6.73. The van der Waals surface area contributed by atoms with Gasteiger partial charge in [0, 0.05) is 18.5 Å². The molecule has 0 aromatic carbocycles. The summed E-state index contributed by atoms with van der Waals surface area (Å²) in [5.74, 6) is -0.607. The van der Waals surface area contributed by atoms with Crippen LogP contribution in [0.15, 0.2) is 6.20 Å². The Hall–Kier alpha value is -1.89. The number of carbonyl (C=O) groups is 2. The van der Waals surface area contributed by atoms with Crippen LogP contribution in [0.25, 0.3) is 0 Å². The Morgan fingerprint density at radius 3 is 2.74 bits per heavy atom. The van der Waals surface area contributed by atoms with Gasteiger partial charge in [-0.3, -0.25) is 19.6 Å². The third-order valence-electron chi connectivity index (χ3n) is 5.10. The first kappa shape index (κ1) is 16.0. The number of H-pyrrole nitrogens is 1. The minimum Gasteiger partial charge on any atom is -0.480 e. The first-order valence-electron chi connectivity index (χ1n) is 8.33. The Morgan fingerprint density at radius 1 is 1.35 bits per heavy atom. The predicted octanol–water partition coefficient (Wildman–Crippen LogP) is 1.34. The van der Waals surface area contributed by atoms with Gasteiger partial charge in [-0.15, -0.1) is 0 Å². The van der Waals surface area contributed by atoms with Crippen LogP contribution < -0.4 is 5.32 Å². The van der Waals surface area contributed by atoms with E-state index < -0.39 is 12.0 Å². The fourth-order valence-corrected chi connectivity index (χ4v) is 3.84. The van der Waals surface area contributed by atoms with Gasteiger partial charge >= 0.3 is 5.97 Å². The summed E-state index contributed by atoms with van der Waals surface area (Å²) in [7, 11) is 1.77. The molecule has 1 aliphatic heterocycles. The number of aromatic amines is 1. The lowest BCUT2D eigenvalue weighted by Crippen LogP contribution is -2.36. The summed E-state index contributed by atoms with van der Waals surface area (Å²) in [6.07, 6.45) is 7.86. The lowest BCUT2D eigenvalue weighted by atomic mass is 9.85. The number of carbonyl (C=O) groups excluding carboxylic acids is 1. The fraction of sp³-hybridized carbons (Fsp3) is 0.688. The maximum absolute atomic E-state index is 12.6. The predicted molar refractivity (Wildman–Crippen MR) is 84.3 cm³/mol. The Labute approximate surface area is 135 Å². The van der Waals surface area contributed by atoms with Gasteiger partial charge in [0.05, 0.1) is 17.5 Å². The number of carboxylic acids is 1. The van der Waals surface area contributed by atoms with Crippen molar-refractivity contribution in [2.75, 3.05) is 13.6 Å². The normalized spacial score (nSPS) is 26.3. The highest BCUT2D eigenvalue weighted by atomic mass is 16.4. The van der Waals surface area contributed by atoms with E-state index in [4.69, 9.17) is 5.11 Å². The molecule has 3 rings (SSSR count). The number of hydrogen-bond donors (Lipinski definition) is 3. The van der Waals surface area contributed by atoms with E-state index in [0.717, 1.165) is 18.5 Å². The summed E-state index contributed by atoms with van der Waals surface area (Å²) in [5.41, 5.74) is 1.54. The zero-order valence-electron chi connectivity index (χ0n) is 13.4. The highest BCUT2D eigenvalue weighted by Crippen LogP contribution is 2.33. The molecule has 7 nitrogen and oxygen atoms in total. The average Bonchev–Trinajstić information content (AvgIpc) is 3.15. The number of likely N-dealkylation sites (N-methyl/N-ethyl adjacent to an activating group) is 1. The molecule has 2 fully saturated rings. The molecular weight excluding hydrogens is 296 g/mol. The number of aliphatic carboxylic acids is 1. The van der Waals surface area contributed by atoms with Crippen molar-refractivity contribution in [1.82, 2.24) is 20.4 Å². The van der Waals surface area contributed by atoms with E-state index in [1.165, 1.54) is 19.3 Å². The fourth-order valence-electron chi connectivity index (χ4n) is 3.84. The van der Waals surface area contributed by atoms with Crippen molar-refractivity contribution >= 4 is 11.9 Å². The van der Waals surface area contributed by atoms with Crippen LogP contribution in [0.2, 0.25) is 0 Å². The number of nitrogens with one attached hydrogen (secondary N) is 2. The van der Waals surface area contributed by atoms with Crippen LogP contribution in [-0.2, 0) is 4.79 Å². The van der Waals surface area contributed by atoms with Crippen molar-refractivity contribution in [3.63, 3.8) is 0 Å². The lowest BCUT2D eigenvalue weighted by molar-refractivity contribution is -0.141. The molecule has 1 aromatic rings. The van der Waals surface area contributed by atoms with Crippen LogP contribution >= 0.6 is 0 Å². The summed E-state index contributed by atoms with van der Waals surface area (Å²) in [6.45, 7) is 0.555. The molecule has 1 saturated heterocycles. The van der Waals surface area contributed by atoms with E-state index in [2.05, 4.69) is 15.5 Å². The van der Waals surface area contributed by atoms with Gasteiger partial charge in [-0.25, -0.2) is 0 Å². The summed E-state index contributed by atoms with van der Waals surface area (Å²) in [6, 6.07) is -0.662. The standard InChI is InChI=1S/C16H24N4O3/c1-20-9-11(7-13(20)16(22)23)18-15(21)12-8-17-19-14(12)10-5-3-2-4-6-10/h8,10-11,13H,2-7,9H2,1H3,(H,17,19)(H,18,21)(H,22,23)/t11-,13-/m1/s1. The summed E-state index contributed by atoms with van der Waals surface area (Å²) >= 11 is 0. The van der Waals surface area contributed by atoms with E-state index in [1.54, 1.807) is 18.1 Å². The molecule has 0 unspecified atom stereocenters. The van der Waals surface area contributed by atoms with Gasteiger partial charge in [0.1, 0.15) is 6.04 Å². The minimum atomic E-state index is -0.838. The third-order valence-corrected chi connectivity index (χ3v) is 5.10. The van der Waals surface area contributed by atoms with E-state index in [1.807, 2.05) is 0 Å². The molecule has 0 radical (unpaired) electrons. The number of amides is 1. The van der Waals surface area contributed by atoms with Gasteiger partial charge in [0.25, 0.3) is 5.91 Å². The summed E-state index contributed by atoms with van der Waals surface area (Å²) < 4.78 is 0. The Morgan fingerprint density at radius 2 is 2.09 bits per heavy atom.